The molecule has 2 nitrogen and oxygen atoms in total. The lowest BCUT2D eigenvalue weighted by molar-refractivity contribution is 0.0979. The van der Waals surface area contributed by atoms with E-state index in [1.807, 2.05) is 0 Å². The van der Waals surface area contributed by atoms with Gasteiger partial charge in [-0.05, 0) is 98.7 Å². The van der Waals surface area contributed by atoms with Crippen molar-refractivity contribution in [3.05, 3.63) is 71.0 Å². The van der Waals surface area contributed by atoms with Crippen LogP contribution in [0.4, 0.5) is 4.39 Å². The SMILES string of the molecule is Cl.O=C(CCCNC1CCC2(CCCc3ccccc32)CC1)c1ccc(F)cc1. The van der Waals surface area contributed by atoms with Crippen molar-refractivity contribution in [3.8, 4) is 0 Å². The predicted molar refractivity (Wildman–Crippen MR) is 119 cm³/mol. The third-order valence-corrected chi connectivity index (χ3v) is 6.81. The normalized spacial score (nSPS) is 23.3. The highest BCUT2D eigenvalue weighted by Gasteiger charge is 2.39. The molecule has 0 bridgehead atoms. The smallest absolute Gasteiger partial charge is 0.162 e. The zero-order chi connectivity index (χ0) is 19.4. The maximum absolute atomic E-state index is 13.0. The molecular formula is C25H31ClFNO. The molecule has 1 saturated carbocycles. The van der Waals surface area contributed by atoms with Gasteiger partial charge in [-0.25, -0.2) is 4.39 Å². The fourth-order valence-corrected chi connectivity index (χ4v) is 5.24. The van der Waals surface area contributed by atoms with Crippen LogP contribution in [-0.4, -0.2) is 18.4 Å². The second-order valence-electron chi connectivity index (χ2n) is 8.55. The molecule has 0 aliphatic heterocycles. The minimum Gasteiger partial charge on any atom is -0.314 e. The first-order valence-corrected chi connectivity index (χ1v) is 10.8. The third kappa shape index (κ3) is 5.07. The first-order chi connectivity index (χ1) is 13.7. The molecular weight excluding hydrogens is 385 g/mol. The van der Waals surface area contributed by atoms with E-state index in [1.165, 1.54) is 57.1 Å². The van der Waals surface area contributed by atoms with Crippen LogP contribution in [0.25, 0.3) is 0 Å². The van der Waals surface area contributed by atoms with Gasteiger partial charge in [0.15, 0.2) is 5.78 Å². The molecule has 29 heavy (non-hydrogen) atoms. The molecule has 0 aromatic heterocycles. The predicted octanol–water partition coefficient (Wildman–Crippen LogP) is 6.02. The van der Waals surface area contributed by atoms with Crippen molar-refractivity contribution >= 4 is 18.2 Å². The highest BCUT2D eigenvalue weighted by atomic mass is 35.5. The molecule has 0 unspecified atom stereocenters. The highest BCUT2D eigenvalue weighted by molar-refractivity contribution is 5.95. The number of hydrogen-bond donors (Lipinski definition) is 1. The molecule has 2 aromatic rings. The van der Waals surface area contributed by atoms with Gasteiger partial charge in [-0.2, -0.15) is 0 Å². The molecule has 0 heterocycles. The van der Waals surface area contributed by atoms with Crippen molar-refractivity contribution in [1.29, 1.82) is 0 Å². The summed E-state index contributed by atoms with van der Waals surface area (Å²) in [5, 5.41) is 3.67. The number of nitrogens with one attached hydrogen (secondary N) is 1. The average Bonchev–Trinajstić information content (AvgIpc) is 2.73. The van der Waals surface area contributed by atoms with E-state index in [-0.39, 0.29) is 24.0 Å². The lowest BCUT2D eigenvalue weighted by Crippen LogP contribution is -2.41. The van der Waals surface area contributed by atoms with Crippen molar-refractivity contribution in [2.75, 3.05) is 6.54 Å². The van der Waals surface area contributed by atoms with E-state index in [1.54, 1.807) is 23.3 Å². The van der Waals surface area contributed by atoms with Crippen molar-refractivity contribution < 1.29 is 9.18 Å². The van der Waals surface area contributed by atoms with Crippen LogP contribution >= 0.6 is 12.4 Å². The quantitative estimate of drug-likeness (QED) is 0.461. The van der Waals surface area contributed by atoms with E-state index < -0.39 is 0 Å². The second-order valence-corrected chi connectivity index (χ2v) is 8.55. The number of fused-ring (bicyclic) bond motifs is 2. The van der Waals surface area contributed by atoms with E-state index in [2.05, 4.69) is 29.6 Å². The van der Waals surface area contributed by atoms with E-state index in [0.717, 1.165) is 13.0 Å². The lowest BCUT2D eigenvalue weighted by atomic mass is 9.62. The maximum atomic E-state index is 13.0. The van der Waals surface area contributed by atoms with Crippen LogP contribution < -0.4 is 5.32 Å². The van der Waals surface area contributed by atoms with Crippen LogP contribution in [0.5, 0.6) is 0 Å². The van der Waals surface area contributed by atoms with Gasteiger partial charge >= 0.3 is 0 Å². The summed E-state index contributed by atoms with van der Waals surface area (Å²) in [7, 11) is 0. The van der Waals surface area contributed by atoms with Crippen LogP contribution in [0, 0.1) is 5.82 Å². The molecule has 0 atom stereocenters. The number of benzene rings is 2. The molecule has 1 N–H and O–H groups in total. The number of rotatable bonds is 6. The number of carbonyl (C=O) groups excluding carboxylic acids is 1. The van der Waals surface area contributed by atoms with E-state index >= 15 is 0 Å². The van der Waals surface area contributed by atoms with E-state index in [4.69, 9.17) is 0 Å². The summed E-state index contributed by atoms with van der Waals surface area (Å²) >= 11 is 0. The van der Waals surface area contributed by atoms with Gasteiger partial charge in [0.05, 0.1) is 0 Å². The Bertz CT molecular complexity index is 812. The highest BCUT2D eigenvalue weighted by Crippen LogP contribution is 2.47. The van der Waals surface area contributed by atoms with Crippen molar-refractivity contribution in [3.63, 3.8) is 0 Å². The van der Waals surface area contributed by atoms with Crippen LogP contribution in [-0.2, 0) is 11.8 Å². The molecule has 2 aromatic carbocycles. The monoisotopic (exact) mass is 415 g/mol. The van der Waals surface area contributed by atoms with Gasteiger partial charge in [0.1, 0.15) is 5.82 Å². The Morgan fingerprint density at radius 1 is 1.03 bits per heavy atom. The molecule has 4 heteroatoms. The van der Waals surface area contributed by atoms with Gasteiger partial charge in [0.2, 0.25) is 0 Å². The average molecular weight is 416 g/mol. The Morgan fingerprint density at radius 2 is 1.76 bits per heavy atom. The maximum Gasteiger partial charge on any atom is 0.162 e. The summed E-state index contributed by atoms with van der Waals surface area (Å²) in [5.41, 5.74) is 4.20. The Kier molecular flexibility index (Phi) is 7.48. The van der Waals surface area contributed by atoms with E-state index in [9.17, 15) is 9.18 Å². The van der Waals surface area contributed by atoms with Crippen LogP contribution in [0.2, 0.25) is 0 Å². The molecule has 2 aliphatic carbocycles. The zero-order valence-electron chi connectivity index (χ0n) is 17.0. The van der Waals surface area contributed by atoms with Gasteiger partial charge in [0.25, 0.3) is 0 Å². The molecule has 2 aliphatic rings. The van der Waals surface area contributed by atoms with Crippen LogP contribution in [0.3, 0.4) is 0 Å². The summed E-state index contributed by atoms with van der Waals surface area (Å²) in [6.45, 7) is 0.876. The van der Waals surface area contributed by atoms with Crippen molar-refractivity contribution in [2.24, 2.45) is 0 Å². The molecule has 1 fully saturated rings. The number of ketones is 1. The Morgan fingerprint density at radius 3 is 2.52 bits per heavy atom. The van der Waals surface area contributed by atoms with Crippen molar-refractivity contribution in [1.82, 2.24) is 5.32 Å². The van der Waals surface area contributed by atoms with Crippen molar-refractivity contribution in [2.45, 2.75) is 69.2 Å². The Labute approximate surface area is 179 Å². The standard InChI is InChI=1S/C25H30FNO.ClH/c26-21-11-9-20(10-12-21)24(28)8-4-18-27-22-13-16-25(17-14-22)15-3-6-19-5-1-2-7-23(19)25;/h1-2,5,7,9-12,22,27H,3-4,6,8,13-18H2;1H. The number of halogens is 2. The molecule has 1 spiro atoms. The Hall–Kier alpha value is -1.71. The lowest BCUT2D eigenvalue weighted by Gasteiger charge is -2.44. The zero-order valence-corrected chi connectivity index (χ0v) is 17.8. The number of carbonyl (C=O) groups is 1. The summed E-state index contributed by atoms with van der Waals surface area (Å²) in [5.74, 6) is -0.197. The number of Topliss-reactive ketones (excluding diaryl/α,β-unsaturated/α-hetero) is 1. The first-order valence-electron chi connectivity index (χ1n) is 10.8. The summed E-state index contributed by atoms with van der Waals surface area (Å²) < 4.78 is 13.0. The van der Waals surface area contributed by atoms with Gasteiger partial charge < -0.3 is 5.32 Å². The molecule has 0 saturated heterocycles. The molecule has 0 radical (unpaired) electrons. The topological polar surface area (TPSA) is 29.1 Å². The van der Waals surface area contributed by atoms with Gasteiger partial charge in [0, 0.05) is 18.0 Å². The number of aryl methyl sites for hydroxylation is 1. The Balaban J connectivity index is 0.00000240. The first kappa shape index (κ1) is 22.0. The summed E-state index contributed by atoms with van der Waals surface area (Å²) in [6, 6.07) is 15.5. The van der Waals surface area contributed by atoms with E-state index in [0.29, 0.717) is 23.4 Å². The second kappa shape index (κ2) is 9.86. The van der Waals surface area contributed by atoms with Gasteiger partial charge in [-0.1, -0.05) is 24.3 Å². The summed E-state index contributed by atoms with van der Waals surface area (Å²) in [4.78, 5) is 12.2. The molecule has 0 amide bonds. The fourth-order valence-electron chi connectivity index (χ4n) is 5.24. The molecule has 4 rings (SSSR count). The van der Waals surface area contributed by atoms with Gasteiger partial charge in [-0.3, -0.25) is 4.79 Å². The fraction of sp³-hybridized carbons (Fsp3) is 0.480. The minimum atomic E-state index is -0.297. The largest absolute Gasteiger partial charge is 0.314 e. The van der Waals surface area contributed by atoms with Gasteiger partial charge in [-0.15, -0.1) is 12.4 Å². The van der Waals surface area contributed by atoms with Crippen LogP contribution in [0.15, 0.2) is 48.5 Å². The molecule has 156 valence electrons. The van der Waals surface area contributed by atoms with Crippen LogP contribution in [0.1, 0.15) is 72.9 Å². The third-order valence-electron chi connectivity index (χ3n) is 6.81. The summed E-state index contributed by atoms with van der Waals surface area (Å²) in [6.07, 6.45) is 10.2. The number of hydrogen-bond acceptors (Lipinski definition) is 2. The minimum absolute atomic E-state index is 0.